The molecule has 2 rings (SSSR count). The number of carboxylic acids is 1. The van der Waals surface area contributed by atoms with Crippen molar-refractivity contribution >= 4 is 11.9 Å². The number of hydrogen-bond donors (Lipinski definition) is 3. The minimum Gasteiger partial charge on any atom is -0.481 e. The fourth-order valence-corrected chi connectivity index (χ4v) is 3.55. The van der Waals surface area contributed by atoms with E-state index in [1.165, 1.54) is 0 Å². The van der Waals surface area contributed by atoms with Crippen LogP contribution < -0.4 is 11.1 Å². The molecule has 2 saturated carbocycles. The highest BCUT2D eigenvalue weighted by Gasteiger charge is 2.51. The summed E-state index contributed by atoms with van der Waals surface area (Å²) < 4.78 is 0. The largest absolute Gasteiger partial charge is 0.481 e. The van der Waals surface area contributed by atoms with Gasteiger partial charge in [0.25, 0.3) is 0 Å². The van der Waals surface area contributed by atoms with Crippen LogP contribution in [-0.2, 0) is 9.59 Å². The summed E-state index contributed by atoms with van der Waals surface area (Å²) in [6, 6.07) is -0.176. The Kier molecular flexibility index (Phi) is 3.85. The molecule has 0 aromatic heterocycles. The molecule has 19 heavy (non-hydrogen) atoms. The van der Waals surface area contributed by atoms with Gasteiger partial charge in [-0.25, -0.2) is 0 Å². The van der Waals surface area contributed by atoms with Crippen LogP contribution >= 0.6 is 0 Å². The lowest BCUT2D eigenvalue weighted by molar-refractivity contribution is -0.144. The molecule has 0 aromatic carbocycles. The SMILES string of the molecule is CC(C)(N)CCC(=O)NC1C2CCC(C2)C1C(=O)O. The molecule has 0 radical (unpaired) electrons. The number of fused-ring (bicyclic) bond motifs is 2. The Morgan fingerprint density at radius 2 is 1.95 bits per heavy atom. The first-order chi connectivity index (χ1) is 8.78. The summed E-state index contributed by atoms with van der Waals surface area (Å²) in [4.78, 5) is 23.3. The van der Waals surface area contributed by atoms with Crippen LogP contribution in [0.15, 0.2) is 0 Å². The molecule has 0 aliphatic heterocycles. The van der Waals surface area contributed by atoms with Gasteiger partial charge in [-0.05, 0) is 51.4 Å². The van der Waals surface area contributed by atoms with Crippen molar-refractivity contribution in [3.05, 3.63) is 0 Å². The number of carboxylic acid groups (broad SMARTS) is 1. The highest BCUT2D eigenvalue weighted by molar-refractivity contribution is 5.78. The van der Waals surface area contributed by atoms with Gasteiger partial charge in [-0.3, -0.25) is 9.59 Å². The van der Waals surface area contributed by atoms with E-state index in [1.54, 1.807) is 0 Å². The summed E-state index contributed by atoms with van der Waals surface area (Å²) in [6.07, 6.45) is 3.96. The predicted octanol–water partition coefficient (Wildman–Crippen LogP) is 1.12. The lowest BCUT2D eigenvalue weighted by Crippen LogP contribution is -2.47. The maximum Gasteiger partial charge on any atom is 0.308 e. The Balaban J connectivity index is 1.91. The van der Waals surface area contributed by atoms with Crippen molar-refractivity contribution in [3.63, 3.8) is 0 Å². The molecule has 108 valence electrons. The summed E-state index contributed by atoms with van der Waals surface area (Å²) in [5.41, 5.74) is 5.49. The molecule has 5 heteroatoms. The second kappa shape index (κ2) is 5.12. The van der Waals surface area contributed by atoms with E-state index in [-0.39, 0.29) is 23.4 Å². The molecule has 1 amide bonds. The maximum absolute atomic E-state index is 11.9. The van der Waals surface area contributed by atoms with Gasteiger partial charge >= 0.3 is 5.97 Å². The van der Waals surface area contributed by atoms with Gasteiger partial charge in [0.2, 0.25) is 5.91 Å². The van der Waals surface area contributed by atoms with Crippen molar-refractivity contribution < 1.29 is 14.7 Å². The van der Waals surface area contributed by atoms with Crippen LogP contribution in [0.3, 0.4) is 0 Å². The quantitative estimate of drug-likeness (QED) is 0.696. The Morgan fingerprint density at radius 1 is 1.32 bits per heavy atom. The van der Waals surface area contributed by atoms with Gasteiger partial charge in [0, 0.05) is 18.0 Å². The molecule has 4 N–H and O–H groups in total. The second-order valence-corrected chi connectivity index (χ2v) is 6.78. The van der Waals surface area contributed by atoms with Crippen LogP contribution in [0.5, 0.6) is 0 Å². The number of carbonyl (C=O) groups excluding carboxylic acids is 1. The van der Waals surface area contributed by atoms with Crippen LogP contribution in [0, 0.1) is 17.8 Å². The molecule has 0 spiro atoms. The van der Waals surface area contributed by atoms with Crippen LogP contribution in [0.1, 0.15) is 46.0 Å². The molecule has 4 unspecified atom stereocenters. The highest BCUT2D eigenvalue weighted by atomic mass is 16.4. The molecule has 2 bridgehead atoms. The van der Waals surface area contributed by atoms with Crippen molar-refractivity contribution in [1.82, 2.24) is 5.32 Å². The first kappa shape index (κ1) is 14.3. The number of aliphatic carboxylic acids is 1. The number of rotatable bonds is 5. The summed E-state index contributed by atoms with van der Waals surface area (Å²) in [6.45, 7) is 3.77. The topological polar surface area (TPSA) is 92.4 Å². The Labute approximate surface area is 113 Å². The fourth-order valence-electron chi connectivity index (χ4n) is 3.55. The first-order valence-corrected chi connectivity index (χ1v) is 7.09. The van der Waals surface area contributed by atoms with Gasteiger partial charge in [0.1, 0.15) is 0 Å². The van der Waals surface area contributed by atoms with Crippen molar-refractivity contribution in [2.75, 3.05) is 0 Å². The van der Waals surface area contributed by atoms with E-state index in [0.717, 1.165) is 19.3 Å². The van der Waals surface area contributed by atoms with Gasteiger partial charge in [-0.2, -0.15) is 0 Å². The van der Waals surface area contributed by atoms with Crippen LogP contribution in [0.4, 0.5) is 0 Å². The van der Waals surface area contributed by atoms with E-state index < -0.39 is 11.9 Å². The van der Waals surface area contributed by atoms with E-state index in [4.69, 9.17) is 5.73 Å². The Morgan fingerprint density at radius 3 is 2.53 bits per heavy atom. The van der Waals surface area contributed by atoms with E-state index in [9.17, 15) is 14.7 Å². The Hall–Kier alpha value is -1.10. The third-order valence-electron chi connectivity index (χ3n) is 4.53. The van der Waals surface area contributed by atoms with Gasteiger partial charge in [-0.15, -0.1) is 0 Å². The third-order valence-corrected chi connectivity index (χ3v) is 4.53. The molecule has 2 aliphatic rings. The number of carbonyl (C=O) groups is 2. The number of nitrogens with two attached hydrogens (primary N) is 1. The molecular formula is C14H24N2O3. The molecule has 5 nitrogen and oxygen atoms in total. The zero-order valence-corrected chi connectivity index (χ0v) is 11.7. The molecule has 0 heterocycles. The average molecular weight is 268 g/mol. The number of amides is 1. The lowest BCUT2D eigenvalue weighted by atomic mass is 9.84. The summed E-state index contributed by atoms with van der Waals surface area (Å²) in [5.74, 6) is -0.632. The zero-order valence-electron chi connectivity index (χ0n) is 11.7. The monoisotopic (exact) mass is 268 g/mol. The van der Waals surface area contributed by atoms with Crippen molar-refractivity contribution in [2.24, 2.45) is 23.5 Å². The predicted molar refractivity (Wildman–Crippen MR) is 71.4 cm³/mol. The smallest absolute Gasteiger partial charge is 0.308 e. The van der Waals surface area contributed by atoms with Gasteiger partial charge in [0.05, 0.1) is 5.92 Å². The molecule has 2 aliphatic carbocycles. The van der Waals surface area contributed by atoms with Gasteiger partial charge < -0.3 is 16.2 Å². The first-order valence-electron chi connectivity index (χ1n) is 7.09. The summed E-state index contributed by atoms with van der Waals surface area (Å²) in [7, 11) is 0. The van der Waals surface area contributed by atoms with Crippen LogP contribution in [-0.4, -0.2) is 28.6 Å². The van der Waals surface area contributed by atoms with Crippen LogP contribution in [0.2, 0.25) is 0 Å². The number of hydrogen-bond acceptors (Lipinski definition) is 3. The molecule has 0 aromatic rings. The highest BCUT2D eigenvalue weighted by Crippen LogP contribution is 2.48. The molecule has 2 fully saturated rings. The molecule has 4 atom stereocenters. The van der Waals surface area contributed by atoms with Crippen molar-refractivity contribution in [2.45, 2.75) is 57.5 Å². The van der Waals surface area contributed by atoms with E-state index >= 15 is 0 Å². The number of nitrogens with one attached hydrogen (secondary N) is 1. The standard InChI is InChI=1S/C14H24N2O3/c1-14(2,15)6-5-10(17)16-12-9-4-3-8(7-9)11(12)13(18)19/h8-9,11-12H,3-7,15H2,1-2H3,(H,16,17)(H,18,19). The van der Waals surface area contributed by atoms with E-state index in [0.29, 0.717) is 18.8 Å². The summed E-state index contributed by atoms with van der Waals surface area (Å²) >= 11 is 0. The van der Waals surface area contributed by atoms with E-state index in [1.807, 2.05) is 13.8 Å². The molecule has 0 saturated heterocycles. The maximum atomic E-state index is 11.9. The van der Waals surface area contributed by atoms with Gasteiger partial charge in [0.15, 0.2) is 0 Å². The third kappa shape index (κ3) is 3.26. The fraction of sp³-hybridized carbons (Fsp3) is 0.857. The average Bonchev–Trinajstić information content (AvgIpc) is 2.85. The molecular weight excluding hydrogens is 244 g/mol. The Bertz CT molecular complexity index is 375. The summed E-state index contributed by atoms with van der Waals surface area (Å²) in [5, 5.41) is 12.2. The van der Waals surface area contributed by atoms with E-state index in [2.05, 4.69) is 5.32 Å². The van der Waals surface area contributed by atoms with Crippen molar-refractivity contribution in [3.8, 4) is 0 Å². The normalized spacial score (nSPS) is 33.4. The van der Waals surface area contributed by atoms with Gasteiger partial charge in [-0.1, -0.05) is 0 Å². The zero-order chi connectivity index (χ0) is 14.2. The van der Waals surface area contributed by atoms with Crippen molar-refractivity contribution in [1.29, 1.82) is 0 Å². The second-order valence-electron chi connectivity index (χ2n) is 6.78. The minimum atomic E-state index is -0.767. The lowest BCUT2D eigenvalue weighted by Gasteiger charge is -2.29. The minimum absolute atomic E-state index is 0.0673. The van der Waals surface area contributed by atoms with Crippen LogP contribution in [0.25, 0.3) is 0 Å².